The Kier molecular flexibility index (Phi) is 6.02. The standard InChI is InChI=1S/C21H20F4N6O3/c1-30-8-13-12(4-6-16(13)28-20(33)34-9-17-26-10-31(2)29-17)18(30)19(32)27-11-3-5-15(22)14(7-11)21(23,24)25/h3,5,7-8,10,16H,4,6,9H2,1-2H3,(H,27,32)(H,28,33). The average molecular weight is 480 g/mol. The molecule has 0 saturated carbocycles. The zero-order valence-corrected chi connectivity index (χ0v) is 18.1. The molecule has 0 aliphatic heterocycles. The van der Waals surface area contributed by atoms with Gasteiger partial charge in [-0.1, -0.05) is 0 Å². The zero-order chi connectivity index (χ0) is 24.6. The van der Waals surface area contributed by atoms with Crippen molar-refractivity contribution in [2.24, 2.45) is 14.1 Å². The maximum absolute atomic E-state index is 13.5. The smallest absolute Gasteiger partial charge is 0.419 e. The first kappa shape index (κ1) is 23.3. The van der Waals surface area contributed by atoms with E-state index in [1.54, 1.807) is 20.3 Å². The Morgan fingerprint density at radius 1 is 1.26 bits per heavy atom. The average Bonchev–Trinajstić information content (AvgIpc) is 3.42. The number of carbonyl (C=O) groups is 2. The molecule has 1 atom stereocenters. The number of ether oxygens (including phenoxy) is 1. The Balaban J connectivity index is 1.45. The van der Waals surface area contributed by atoms with E-state index < -0.39 is 35.6 Å². The van der Waals surface area contributed by atoms with Crippen LogP contribution in [0.1, 0.15) is 45.5 Å². The van der Waals surface area contributed by atoms with Crippen molar-refractivity contribution in [3.8, 4) is 0 Å². The number of carbonyl (C=O) groups excluding carboxylic acids is 2. The van der Waals surface area contributed by atoms with Gasteiger partial charge in [0.2, 0.25) is 0 Å². The Hall–Kier alpha value is -3.90. The molecule has 1 aliphatic rings. The Labute approximate surface area is 190 Å². The van der Waals surface area contributed by atoms with Crippen LogP contribution in [0.3, 0.4) is 0 Å². The fraction of sp³-hybridized carbons (Fsp3) is 0.333. The van der Waals surface area contributed by atoms with Crippen LogP contribution in [0.25, 0.3) is 0 Å². The summed E-state index contributed by atoms with van der Waals surface area (Å²) < 4.78 is 60.6. The molecular formula is C21H20F4N6O3. The molecule has 0 bridgehead atoms. The summed E-state index contributed by atoms with van der Waals surface area (Å²) in [6.07, 6.45) is -1.44. The van der Waals surface area contributed by atoms with E-state index in [4.69, 9.17) is 4.74 Å². The molecule has 0 saturated heterocycles. The summed E-state index contributed by atoms with van der Waals surface area (Å²) in [4.78, 5) is 29.0. The summed E-state index contributed by atoms with van der Waals surface area (Å²) >= 11 is 0. The van der Waals surface area contributed by atoms with Gasteiger partial charge in [0.15, 0.2) is 12.4 Å². The number of anilines is 1. The van der Waals surface area contributed by atoms with E-state index in [1.807, 2.05) is 0 Å². The summed E-state index contributed by atoms with van der Waals surface area (Å²) in [5.41, 5.74) is -0.0483. The molecule has 2 aromatic heterocycles. The molecule has 2 N–H and O–H groups in total. The van der Waals surface area contributed by atoms with Crippen LogP contribution in [0.5, 0.6) is 0 Å². The largest absolute Gasteiger partial charge is 0.441 e. The van der Waals surface area contributed by atoms with Gasteiger partial charge in [-0.2, -0.15) is 18.3 Å². The number of benzene rings is 1. The number of fused-ring (bicyclic) bond motifs is 1. The highest BCUT2D eigenvalue weighted by Crippen LogP contribution is 2.36. The Morgan fingerprint density at radius 3 is 2.71 bits per heavy atom. The van der Waals surface area contributed by atoms with Crippen molar-refractivity contribution in [3.05, 3.63) is 64.7 Å². The molecule has 0 fully saturated rings. The van der Waals surface area contributed by atoms with Crippen LogP contribution in [0, 0.1) is 5.82 Å². The van der Waals surface area contributed by atoms with E-state index >= 15 is 0 Å². The van der Waals surface area contributed by atoms with Crippen molar-refractivity contribution in [1.29, 1.82) is 0 Å². The number of aromatic nitrogens is 4. The second-order valence-electron chi connectivity index (χ2n) is 7.82. The van der Waals surface area contributed by atoms with Crippen molar-refractivity contribution in [3.63, 3.8) is 0 Å². The van der Waals surface area contributed by atoms with E-state index in [1.165, 1.54) is 15.6 Å². The maximum atomic E-state index is 13.5. The number of rotatable bonds is 5. The summed E-state index contributed by atoms with van der Waals surface area (Å²) in [5.74, 6) is -1.73. The summed E-state index contributed by atoms with van der Waals surface area (Å²) in [6, 6.07) is 1.85. The molecule has 1 unspecified atom stereocenters. The lowest BCUT2D eigenvalue weighted by molar-refractivity contribution is -0.139. The number of nitrogens with one attached hydrogen (secondary N) is 2. The van der Waals surface area contributed by atoms with Crippen molar-refractivity contribution in [2.45, 2.75) is 31.7 Å². The number of hydrogen-bond donors (Lipinski definition) is 2. The molecule has 3 aromatic rings. The van der Waals surface area contributed by atoms with Crippen LogP contribution in [-0.2, 0) is 38.0 Å². The molecule has 2 heterocycles. The SMILES string of the molecule is Cn1cnc(COC(=O)NC2CCc3c2cn(C)c3C(=O)Nc2ccc(F)c(C(F)(F)F)c2)n1. The van der Waals surface area contributed by atoms with Crippen LogP contribution < -0.4 is 10.6 Å². The van der Waals surface area contributed by atoms with E-state index in [0.29, 0.717) is 41.9 Å². The van der Waals surface area contributed by atoms with E-state index in [-0.39, 0.29) is 18.0 Å². The maximum Gasteiger partial charge on any atom is 0.419 e. The van der Waals surface area contributed by atoms with Gasteiger partial charge in [0.1, 0.15) is 17.8 Å². The Morgan fingerprint density at radius 2 is 2.03 bits per heavy atom. The van der Waals surface area contributed by atoms with E-state index in [2.05, 4.69) is 20.7 Å². The lowest BCUT2D eigenvalue weighted by Gasteiger charge is -2.12. The van der Waals surface area contributed by atoms with Crippen molar-refractivity contribution >= 4 is 17.7 Å². The zero-order valence-electron chi connectivity index (χ0n) is 18.1. The molecule has 180 valence electrons. The monoisotopic (exact) mass is 480 g/mol. The third kappa shape index (κ3) is 4.72. The van der Waals surface area contributed by atoms with Gasteiger partial charge in [-0.15, -0.1) is 0 Å². The second-order valence-corrected chi connectivity index (χ2v) is 7.82. The van der Waals surface area contributed by atoms with Crippen molar-refractivity contribution in [2.75, 3.05) is 5.32 Å². The van der Waals surface area contributed by atoms with Gasteiger partial charge in [0.25, 0.3) is 5.91 Å². The van der Waals surface area contributed by atoms with Gasteiger partial charge < -0.3 is 19.9 Å². The van der Waals surface area contributed by atoms with Gasteiger partial charge in [-0.25, -0.2) is 14.2 Å². The first-order chi connectivity index (χ1) is 16.0. The first-order valence-corrected chi connectivity index (χ1v) is 10.2. The molecule has 1 aliphatic carbocycles. The van der Waals surface area contributed by atoms with Gasteiger partial charge >= 0.3 is 12.3 Å². The number of nitrogens with zero attached hydrogens (tertiary/aromatic N) is 4. The normalized spacial score (nSPS) is 15.2. The van der Waals surface area contributed by atoms with Crippen LogP contribution in [0.2, 0.25) is 0 Å². The Bertz CT molecular complexity index is 1250. The highest BCUT2D eigenvalue weighted by Gasteiger charge is 2.35. The third-order valence-electron chi connectivity index (χ3n) is 5.39. The molecule has 4 rings (SSSR count). The number of halogens is 4. The summed E-state index contributed by atoms with van der Waals surface area (Å²) in [6.45, 7) is -0.105. The van der Waals surface area contributed by atoms with Crippen LogP contribution >= 0.6 is 0 Å². The minimum absolute atomic E-state index is 0.105. The molecular weight excluding hydrogens is 460 g/mol. The van der Waals surface area contributed by atoms with Gasteiger partial charge in [-0.3, -0.25) is 9.48 Å². The van der Waals surface area contributed by atoms with Gasteiger partial charge in [-0.05, 0) is 42.2 Å². The predicted octanol–water partition coefficient (Wildman–Crippen LogP) is 3.48. The third-order valence-corrected chi connectivity index (χ3v) is 5.39. The predicted molar refractivity (Wildman–Crippen MR) is 110 cm³/mol. The van der Waals surface area contributed by atoms with Crippen LogP contribution in [0.4, 0.5) is 28.0 Å². The van der Waals surface area contributed by atoms with E-state index in [0.717, 1.165) is 6.07 Å². The lowest BCUT2D eigenvalue weighted by Crippen LogP contribution is -2.27. The quantitative estimate of drug-likeness (QED) is 0.545. The van der Waals surface area contributed by atoms with Crippen molar-refractivity contribution < 1.29 is 31.9 Å². The number of alkyl halides is 3. The number of aryl methyl sites for hydroxylation is 2. The molecule has 9 nitrogen and oxygen atoms in total. The highest BCUT2D eigenvalue weighted by molar-refractivity contribution is 6.04. The summed E-state index contributed by atoms with van der Waals surface area (Å²) in [5, 5.41) is 9.14. The molecule has 1 aromatic carbocycles. The molecule has 0 spiro atoms. The molecule has 34 heavy (non-hydrogen) atoms. The molecule has 2 amide bonds. The van der Waals surface area contributed by atoms with E-state index in [9.17, 15) is 27.2 Å². The van der Waals surface area contributed by atoms with Gasteiger partial charge in [0, 0.05) is 26.0 Å². The van der Waals surface area contributed by atoms with Crippen LogP contribution in [0.15, 0.2) is 30.7 Å². The number of alkyl carbamates (subject to hydrolysis) is 1. The first-order valence-electron chi connectivity index (χ1n) is 10.2. The summed E-state index contributed by atoms with van der Waals surface area (Å²) in [7, 11) is 3.30. The molecule has 13 heteroatoms. The van der Waals surface area contributed by atoms with Gasteiger partial charge in [0.05, 0.1) is 11.6 Å². The fourth-order valence-corrected chi connectivity index (χ4v) is 3.93. The number of hydrogen-bond acceptors (Lipinski definition) is 5. The minimum atomic E-state index is -4.89. The highest BCUT2D eigenvalue weighted by atomic mass is 19.4. The topological polar surface area (TPSA) is 103 Å². The number of amides is 2. The van der Waals surface area contributed by atoms with Crippen LogP contribution in [-0.4, -0.2) is 31.3 Å². The van der Waals surface area contributed by atoms with Crippen molar-refractivity contribution in [1.82, 2.24) is 24.6 Å². The second kappa shape index (κ2) is 8.80. The minimum Gasteiger partial charge on any atom is -0.441 e. The lowest BCUT2D eigenvalue weighted by atomic mass is 10.1. The molecule has 0 radical (unpaired) electrons. The fourth-order valence-electron chi connectivity index (χ4n) is 3.93.